The zero-order chi connectivity index (χ0) is 17.2. The lowest BCUT2D eigenvalue weighted by molar-refractivity contribution is 0.190. The lowest BCUT2D eigenvalue weighted by Crippen LogP contribution is -2.44. The van der Waals surface area contributed by atoms with Crippen molar-refractivity contribution in [1.29, 1.82) is 0 Å². The third-order valence-corrected chi connectivity index (χ3v) is 4.37. The second-order valence-corrected chi connectivity index (χ2v) is 5.98. The van der Waals surface area contributed by atoms with Crippen LogP contribution >= 0.6 is 0 Å². The molecule has 25 heavy (non-hydrogen) atoms. The summed E-state index contributed by atoms with van der Waals surface area (Å²) in [6.45, 7) is 2.71. The molecule has 8 heteroatoms. The summed E-state index contributed by atoms with van der Waals surface area (Å²) in [7, 11) is 3.66. The summed E-state index contributed by atoms with van der Waals surface area (Å²) in [5.41, 5.74) is 1.47. The Balaban J connectivity index is 1.67. The maximum absolute atomic E-state index is 5.47. The number of hydrogen-bond acceptors (Lipinski definition) is 7. The highest BCUT2D eigenvalue weighted by molar-refractivity contribution is 5.57. The molecule has 0 spiro atoms. The van der Waals surface area contributed by atoms with Gasteiger partial charge in [0.1, 0.15) is 0 Å². The molecule has 3 aromatic rings. The molecule has 1 saturated heterocycles. The van der Waals surface area contributed by atoms with Gasteiger partial charge in [-0.15, -0.1) is 0 Å². The smallest absolute Gasteiger partial charge is 0.282 e. The Labute approximate surface area is 145 Å². The lowest BCUT2D eigenvalue weighted by atomic mass is 10.2. The maximum atomic E-state index is 5.47. The van der Waals surface area contributed by atoms with Crippen LogP contribution in [0.5, 0.6) is 5.75 Å². The third-order valence-electron chi connectivity index (χ3n) is 4.37. The summed E-state index contributed by atoms with van der Waals surface area (Å²) in [4.78, 5) is 6.77. The van der Waals surface area contributed by atoms with Crippen LogP contribution in [0, 0.1) is 0 Å². The fraction of sp³-hybridized carbons (Fsp3) is 0.353. The van der Waals surface area contributed by atoms with Crippen LogP contribution in [0.25, 0.3) is 17.3 Å². The normalized spacial score (nSPS) is 18.4. The van der Waals surface area contributed by atoms with Crippen molar-refractivity contribution in [2.75, 3.05) is 33.8 Å². The Morgan fingerprint density at radius 1 is 1.28 bits per heavy atom. The highest BCUT2D eigenvalue weighted by Crippen LogP contribution is 2.29. The van der Waals surface area contributed by atoms with Gasteiger partial charge in [-0.25, -0.2) is 4.68 Å². The van der Waals surface area contributed by atoms with Crippen molar-refractivity contribution in [1.82, 2.24) is 30.1 Å². The minimum absolute atomic E-state index is 0.0912. The molecule has 4 rings (SSSR count). The molecule has 1 aromatic carbocycles. The SMILES string of the molecule is COc1cn(-c2ccccc2)nc1-c1nc(C2CNCCN2C)no1. The highest BCUT2D eigenvalue weighted by atomic mass is 16.5. The second-order valence-electron chi connectivity index (χ2n) is 5.98. The van der Waals surface area contributed by atoms with Gasteiger partial charge < -0.3 is 14.6 Å². The molecule has 1 unspecified atom stereocenters. The van der Waals surface area contributed by atoms with Gasteiger partial charge >= 0.3 is 0 Å². The topological polar surface area (TPSA) is 81.2 Å². The summed E-state index contributed by atoms with van der Waals surface area (Å²) >= 11 is 0. The third kappa shape index (κ3) is 3.01. The fourth-order valence-corrected chi connectivity index (χ4v) is 2.93. The van der Waals surface area contributed by atoms with Crippen LogP contribution in [-0.4, -0.2) is 58.6 Å². The Bertz CT molecular complexity index is 844. The molecular weight excluding hydrogens is 320 g/mol. The number of nitrogens with one attached hydrogen (secondary N) is 1. The van der Waals surface area contributed by atoms with Gasteiger partial charge in [-0.1, -0.05) is 23.4 Å². The number of nitrogens with zero attached hydrogens (tertiary/aromatic N) is 5. The number of piperazine rings is 1. The predicted octanol–water partition coefficient (Wildman–Crippen LogP) is 1.51. The first-order valence-electron chi connectivity index (χ1n) is 8.20. The predicted molar refractivity (Wildman–Crippen MR) is 91.6 cm³/mol. The Morgan fingerprint density at radius 2 is 2.12 bits per heavy atom. The number of benzene rings is 1. The van der Waals surface area contributed by atoms with E-state index in [1.807, 2.05) is 36.5 Å². The van der Waals surface area contributed by atoms with Crippen molar-refractivity contribution in [3.63, 3.8) is 0 Å². The van der Waals surface area contributed by atoms with E-state index in [2.05, 4.69) is 32.5 Å². The van der Waals surface area contributed by atoms with E-state index in [1.54, 1.807) is 11.8 Å². The van der Waals surface area contributed by atoms with Gasteiger partial charge in [-0.3, -0.25) is 4.90 Å². The fourth-order valence-electron chi connectivity index (χ4n) is 2.93. The first-order valence-corrected chi connectivity index (χ1v) is 8.20. The molecule has 1 aliphatic heterocycles. The summed E-state index contributed by atoms with van der Waals surface area (Å²) in [5, 5.41) is 12.1. The number of likely N-dealkylation sites (N-methyl/N-ethyl adjacent to an activating group) is 1. The molecule has 8 nitrogen and oxygen atoms in total. The van der Waals surface area contributed by atoms with E-state index in [0.717, 1.165) is 25.3 Å². The van der Waals surface area contributed by atoms with Crippen molar-refractivity contribution >= 4 is 0 Å². The van der Waals surface area contributed by atoms with Crippen LogP contribution < -0.4 is 10.1 Å². The number of hydrogen-bond donors (Lipinski definition) is 1. The Kier molecular flexibility index (Phi) is 4.21. The molecule has 130 valence electrons. The van der Waals surface area contributed by atoms with Crippen molar-refractivity contribution < 1.29 is 9.26 Å². The molecule has 1 aliphatic rings. The van der Waals surface area contributed by atoms with Crippen molar-refractivity contribution in [3.05, 3.63) is 42.4 Å². The highest BCUT2D eigenvalue weighted by Gasteiger charge is 2.27. The molecular formula is C17H20N6O2. The molecule has 0 radical (unpaired) electrons. The van der Waals surface area contributed by atoms with Crippen LogP contribution in [0.4, 0.5) is 0 Å². The summed E-state index contributed by atoms with van der Waals surface area (Å²) in [6.07, 6.45) is 1.81. The minimum atomic E-state index is 0.0912. The van der Waals surface area contributed by atoms with Crippen LogP contribution in [0.1, 0.15) is 11.9 Å². The van der Waals surface area contributed by atoms with E-state index < -0.39 is 0 Å². The molecule has 0 bridgehead atoms. The van der Waals surface area contributed by atoms with Crippen LogP contribution in [0.2, 0.25) is 0 Å². The van der Waals surface area contributed by atoms with E-state index in [-0.39, 0.29) is 6.04 Å². The molecule has 1 N–H and O–H groups in total. The number of methoxy groups -OCH3 is 1. The molecule has 3 heterocycles. The lowest BCUT2D eigenvalue weighted by Gasteiger charge is -2.30. The number of ether oxygens (including phenoxy) is 1. The minimum Gasteiger partial charge on any atom is -0.493 e. The first-order chi connectivity index (χ1) is 12.3. The van der Waals surface area contributed by atoms with Gasteiger partial charge in [0, 0.05) is 19.6 Å². The number of rotatable bonds is 4. The Hall–Kier alpha value is -2.71. The van der Waals surface area contributed by atoms with E-state index in [4.69, 9.17) is 9.26 Å². The van der Waals surface area contributed by atoms with Gasteiger partial charge in [-0.05, 0) is 19.2 Å². The van der Waals surface area contributed by atoms with Crippen LogP contribution in [-0.2, 0) is 0 Å². The molecule has 0 aliphatic carbocycles. The quantitative estimate of drug-likeness (QED) is 0.771. The van der Waals surface area contributed by atoms with E-state index >= 15 is 0 Å². The zero-order valence-corrected chi connectivity index (χ0v) is 14.2. The largest absolute Gasteiger partial charge is 0.493 e. The van der Waals surface area contributed by atoms with Crippen molar-refractivity contribution in [2.45, 2.75) is 6.04 Å². The summed E-state index contributed by atoms with van der Waals surface area (Å²) < 4.78 is 12.7. The second kappa shape index (κ2) is 6.66. The van der Waals surface area contributed by atoms with Gasteiger partial charge in [0.2, 0.25) is 0 Å². The summed E-state index contributed by atoms with van der Waals surface area (Å²) in [6, 6.07) is 9.91. The molecule has 0 amide bonds. The van der Waals surface area contributed by atoms with Crippen molar-refractivity contribution in [2.24, 2.45) is 0 Å². The first kappa shape index (κ1) is 15.8. The van der Waals surface area contributed by atoms with Gasteiger partial charge in [-0.2, -0.15) is 10.1 Å². The van der Waals surface area contributed by atoms with Gasteiger partial charge in [0.25, 0.3) is 5.89 Å². The van der Waals surface area contributed by atoms with E-state index in [0.29, 0.717) is 23.2 Å². The average molecular weight is 340 g/mol. The molecule has 2 aromatic heterocycles. The average Bonchev–Trinajstić information content (AvgIpc) is 3.29. The van der Waals surface area contributed by atoms with Gasteiger partial charge in [0.15, 0.2) is 17.3 Å². The van der Waals surface area contributed by atoms with E-state index in [9.17, 15) is 0 Å². The van der Waals surface area contributed by atoms with Crippen LogP contribution in [0.15, 0.2) is 41.1 Å². The van der Waals surface area contributed by atoms with Gasteiger partial charge in [0.05, 0.1) is 25.0 Å². The van der Waals surface area contributed by atoms with E-state index in [1.165, 1.54) is 0 Å². The number of aromatic nitrogens is 4. The summed E-state index contributed by atoms with van der Waals surface area (Å²) in [5.74, 6) is 1.61. The molecule has 1 atom stereocenters. The van der Waals surface area contributed by atoms with Crippen LogP contribution in [0.3, 0.4) is 0 Å². The monoisotopic (exact) mass is 340 g/mol. The Morgan fingerprint density at radius 3 is 2.88 bits per heavy atom. The molecule has 0 saturated carbocycles. The molecule has 1 fully saturated rings. The zero-order valence-electron chi connectivity index (χ0n) is 14.2. The standard InChI is InChI=1S/C17H20N6O2/c1-22-9-8-18-10-13(22)16-19-17(25-21-16)15-14(24-2)11-23(20-15)12-6-4-3-5-7-12/h3-7,11,13,18H,8-10H2,1-2H3. The number of para-hydroxylation sites is 1. The maximum Gasteiger partial charge on any atom is 0.282 e. The van der Waals surface area contributed by atoms with Crippen molar-refractivity contribution in [3.8, 4) is 23.0 Å².